The lowest BCUT2D eigenvalue weighted by atomic mass is 10.1. The molecule has 3 aromatic rings. The normalized spacial score (nSPS) is 18.3. The van der Waals surface area contributed by atoms with Crippen LogP contribution < -0.4 is 0 Å². The van der Waals surface area contributed by atoms with Crippen molar-refractivity contribution in [2.24, 2.45) is 0 Å². The first kappa shape index (κ1) is 19.2. The topological polar surface area (TPSA) is 63.4 Å². The van der Waals surface area contributed by atoms with E-state index in [9.17, 15) is 8.42 Å². The van der Waals surface area contributed by atoms with Gasteiger partial charge in [0, 0.05) is 28.7 Å². The van der Waals surface area contributed by atoms with E-state index in [1.165, 1.54) is 0 Å². The minimum absolute atomic E-state index is 0.0394. The fourth-order valence-electron chi connectivity index (χ4n) is 3.51. The molecule has 1 atom stereocenters. The molecule has 2 heterocycles. The molecule has 1 fully saturated rings. The molecule has 0 N–H and O–H groups in total. The molecule has 0 unspecified atom stereocenters. The van der Waals surface area contributed by atoms with Crippen LogP contribution in [0.5, 0.6) is 0 Å². The summed E-state index contributed by atoms with van der Waals surface area (Å²) in [6.07, 6.45) is 2.73. The molecule has 0 radical (unpaired) electrons. The summed E-state index contributed by atoms with van der Waals surface area (Å²) in [6, 6.07) is 16.2. The van der Waals surface area contributed by atoms with E-state index in [-0.39, 0.29) is 22.7 Å². The van der Waals surface area contributed by atoms with Gasteiger partial charge in [0.1, 0.15) is 0 Å². The van der Waals surface area contributed by atoms with Gasteiger partial charge in [-0.2, -0.15) is 9.29 Å². The van der Waals surface area contributed by atoms with E-state index in [2.05, 4.69) is 4.98 Å². The summed E-state index contributed by atoms with van der Waals surface area (Å²) in [5.41, 5.74) is 1.35. The number of hydrogen-bond acceptors (Lipinski definition) is 4. The van der Waals surface area contributed by atoms with Gasteiger partial charge in [-0.05, 0) is 56.2 Å². The zero-order valence-electron chi connectivity index (χ0n) is 15.5. The average molecular weight is 417 g/mol. The molecule has 7 heteroatoms. The van der Waals surface area contributed by atoms with E-state index < -0.39 is 10.0 Å². The lowest BCUT2D eigenvalue weighted by molar-refractivity contribution is 0.268. The summed E-state index contributed by atoms with van der Waals surface area (Å²) in [7, 11) is -3.79. The van der Waals surface area contributed by atoms with Crippen LogP contribution in [-0.2, 0) is 10.0 Å². The van der Waals surface area contributed by atoms with Crippen molar-refractivity contribution >= 4 is 21.6 Å². The van der Waals surface area contributed by atoms with E-state index >= 15 is 0 Å². The number of aromatic nitrogens is 1. The van der Waals surface area contributed by atoms with Crippen molar-refractivity contribution in [3.05, 3.63) is 59.6 Å². The van der Waals surface area contributed by atoms with E-state index in [0.717, 1.165) is 24.8 Å². The number of halogens is 1. The highest BCUT2D eigenvalue weighted by atomic mass is 35.5. The Labute approximate surface area is 170 Å². The van der Waals surface area contributed by atoms with Crippen LogP contribution in [-0.4, -0.2) is 30.3 Å². The fraction of sp³-hybridized carbons (Fsp3) is 0.286. The highest BCUT2D eigenvalue weighted by molar-refractivity contribution is 7.89. The van der Waals surface area contributed by atoms with Crippen LogP contribution in [0.3, 0.4) is 0 Å². The van der Waals surface area contributed by atoms with Gasteiger partial charge in [0.2, 0.25) is 10.9 Å². The van der Waals surface area contributed by atoms with Gasteiger partial charge in [-0.15, -0.1) is 0 Å². The predicted octanol–water partition coefficient (Wildman–Crippen LogP) is 5.23. The molecule has 2 aromatic carbocycles. The molecule has 5 nitrogen and oxygen atoms in total. The van der Waals surface area contributed by atoms with Crippen LogP contribution in [0.1, 0.15) is 26.2 Å². The first-order chi connectivity index (χ1) is 13.5. The highest BCUT2D eigenvalue weighted by Gasteiger charge is 2.36. The molecule has 28 heavy (non-hydrogen) atoms. The third-order valence-electron chi connectivity index (χ3n) is 5.02. The molecule has 0 saturated carbocycles. The van der Waals surface area contributed by atoms with Crippen molar-refractivity contribution in [2.75, 3.05) is 6.54 Å². The molecule has 0 bridgehead atoms. The summed E-state index contributed by atoms with van der Waals surface area (Å²) < 4.78 is 34.5. The second-order valence-electron chi connectivity index (χ2n) is 6.99. The molecule has 4 rings (SSSR count). The lowest BCUT2D eigenvalue weighted by Crippen LogP contribution is -2.42. The molecule has 1 aromatic heterocycles. The predicted molar refractivity (Wildman–Crippen MR) is 110 cm³/mol. The third kappa shape index (κ3) is 3.60. The van der Waals surface area contributed by atoms with Gasteiger partial charge < -0.3 is 4.42 Å². The summed E-state index contributed by atoms with van der Waals surface area (Å²) in [4.78, 5) is 4.43. The van der Waals surface area contributed by atoms with Gasteiger partial charge in [0.15, 0.2) is 5.76 Å². The SMILES string of the molecule is C[C@H]1CCCCN1S(=O)(=O)c1nc(-c2ccccc2)oc1-c1ccc(Cl)cc1. The van der Waals surface area contributed by atoms with Gasteiger partial charge in [-0.3, -0.25) is 0 Å². The quantitative estimate of drug-likeness (QED) is 0.584. The maximum atomic E-state index is 13.5. The zero-order valence-corrected chi connectivity index (χ0v) is 17.1. The van der Waals surface area contributed by atoms with Gasteiger partial charge in [0.25, 0.3) is 10.0 Å². The van der Waals surface area contributed by atoms with Crippen molar-refractivity contribution in [1.82, 2.24) is 9.29 Å². The number of nitrogens with zero attached hydrogens (tertiary/aromatic N) is 2. The number of sulfonamides is 1. The van der Waals surface area contributed by atoms with Crippen LogP contribution in [0, 0.1) is 0 Å². The second kappa shape index (κ2) is 7.70. The number of rotatable bonds is 4. The van der Waals surface area contributed by atoms with Gasteiger partial charge in [0.05, 0.1) is 0 Å². The molecule has 0 spiro atoms. The second-order valence-corrected chi connectivity index (χ2v) is 9.23. The smallest absolute Gasteiger partial charge is 0.264 e. The molecular formula is C21H21ClN2O3S. The van der Waals surface area contributed by atoms with Crippen molar-refractivity contribution in [3.63, 3.8) is 0 Å². The molecule has 0 amide bonds. The monoisotopic (exact) mass is 416 g/mol. The van der Waals surface area contributed by atoms with Gasteiger partial charge in [-0.25, -0.2) is 8.42 Å². The number of oxazole rings is 1. The molecular weight excluding hydrogens is 396 g/mol. The highest BCUT2D eigenvalue weighted by Crippen LogP contribution is 2.36. The number of piperidine rings is 1. The largest absolute Gasteiger partial charge is 0.435 e. The maximum absolute atomic E-state index is 13.5. The zero-order chi connectivity index (χ0) is 19.7. The maximum Gasteiger partial charge on any atom is 0.264 e. The summed E-state index contributed by atoms with van der Waals surface area (Å²) >= 11 is 6.00. The Morgan fingerprint density at radius 1 is 1.04 bits per heavy atom. The molecule has 0 aliphatic carbocycles. The first-order valence-electron chi connectivity index (χ1n) is 9.31. The summed E-state index contributed by atoms with van der Waals surface area (Å²) in [5, 5.41) is 0.531. The molecule has 146 valence electrons. The lowest BCUT2D eigenvalue weighted by Gasteiger charge is -2.31. The van der Waals surface area contributed by atoms with E-state index in [0.29, 0.717) is 17.1 Å². The minimum Gasteiger partial charge on any atom is -0.435 e. The third-order valence-corrected chi connectivity index (χ3v) is 7.20. The Kier molecular flexibility index (Phi) is 5.27. The van der Waals surface area contributed by atoms with E-state index in [1.54, 1.807) is 28.6 Å². The standard InChI is InChI=1S/C21H21ClN2O3S/c1-15-7-5-6-14-24(15)28(25,26)21-19(16-10-12-18(22)13-11-16)27-20(23-21)17-8-3-2-4-9-17/h2-4,8-13,15H,5-7,14H2,1H3/t15-/m0/s1. The van der Waals surface area contributed by atoms with Crippen molar-refractivity contribution in [2.45, 2.75) is 37.3 Å². The summed E-state index contributed by atoms with van der Waals surface area (Å²) in [5.74, 6) is 0.530. The molecule has 1 aliphatic rings. The molecule has 1 aliphatic heterocycles. The number of benzene rings is 2. The van der Waals surface area contributed by atoms with Gasteiger partial charge >= 0.3 is 0 Å². The van der Waals surface area contributed by atoms with Crippen LogP contribution in [0.25, 0.3) is 22.8 Å². The number of hydrogen-bond donors (Lipinski definition) is 0. The van der Waals surface area contributed by atoms with Crippen LogP contribution in [0.15, 0.2) is 64.0 Å². The first-order valence-corrected chi connectivity index (χ1v) is 11.1. The molecule has 1 saturated heterocycles. The summed E-state index contributed by atoms with van der Waals surface area (Å²) in [6.45, 7) is 2.44. The Morgan fingerprint density at radius 2 is 1.75 bits per heavy atom. The van der Waals surface area contributed by atoms with E-state index in [1.807, 2.05) is 37.3 Å². The van der Waals surface area contributed by atoms with Crippen LogP contribution >= 0.6 is 11.6 Å². The average Bonchev–Trinajstić information content (AvgIpc) is 3.16. The Bertz CT molecular complexity index is 1060. The van der Waals surface area contributed by atoms with Crippen LogP contribution in [0.2, 0.25) is 5.02 Å². The minimum atomic E-state index is -3.79. The fourth-order valence-corrected chi connectivity index (χ4v) is 5.40. The Balaban J connectivity index is 1.87. The Morgan fingerprint density at radius 3 is 2.43 bits per heavy atom. The Hall–Kier alpha value is -2.15. The van der Waals surface area contributed by atoms with E-state index in [4.69, 9.17) is 16.0 Å². The van der Waals surface area contributed by atoms with Crippen molar-refractivity contribution < 1.29 is 12.8 Å². The van der Waals surface area contributed by atoms with Gasteiger partial charge in [-0.1, -0.05) is 36.2 Å². The van der Waals surface area contributed by atoms with Crippen molar-refractivity contribution in [3.8, 4) is 22.8 Å². The van der Waals surface area contributed by atoms with Crippen molar-refractivity contribution in [1.29, 1.82) is 0 Å². The van der Waals surface area contributed by atoms with Crippen LogP contribution in [0.4, 0.5) is 0 Å².